The summed E-state index contributed by atoms with van der Waals surface area (Å²) in [6.45, 7) is 0.627. The van der Waals surface area contributed by atoms with Crippen molar-refractivity contribution in [2.75, 3.05) is 18.8 Å². The zero-order valence-corrected chi connectivity index (χ0v) is 12.1. The summed E-state index contributed by atoms with van der Waals surface area (Å²) in [6.07, 6.45) is 1.29. The van der Waals surface area contributed by atoms with Crippen molar-refractivity contribution >= 4 is 16.0 Å². The van der Waals surface area contributed by atoms with Gasteiger partial charge >= 0.3 is 5.97 Å². The summed E-state index contributed by atoms with van der Waals surface area (Å²) < 4.78 is 25.9. The molecule has 0 aliphatic carbocycles. The fraction of sp³-hybridized carbons (Fsp3) is 0.500. The molecule has 0 amide bonds. The Labute approximate surface area is 119 Å². The topological polar surface area (TPSA) is 74.7 Å². The van der Waals surface area contributed by atoms with Crippen LogP contribution in [-0.4, -0.2) is 42.6 Å². The van der Waals surface area contributed by atoms with Crippen molar-refractivity contribution in [2.45, 2.75) is 19.3 Å². The van der Waals surface area contributed by atoms with E-state index in [-0.39, 0.29) is 5.75 Å². The maximum Gasteiger partial charge on any atom is 0.306 e. The Morgan fingerprint density at radius 1 is 1.20 bits per heavy atom. The smallest absolute Gasteiger partial charge is 0.306 e. The molecule has 0 saturated carbocycles. The number of hydrogen-bond acceptors (Lipinski definition) is 3. The number of carbonyl (C=O) groups is 1. The van der Waals surface area contributed by atoms with E-state index >= 15 is 0 Å². The van der Waals surface area contributed by atoms with Crippen LogP contribution < -0.4 is 0 Å². The lowest BCUT2D eigenvalue weighted by Crippen LogP contribution is -2.41. The fourth-order valence-corrected chi connectivity index (χ4v) is 3.92. The van der Waals surface area contributed by atoms with Crippen molar-refractivity contribution in [1.82, 2.24) is 4.31 Å². The molecule has 1 heterocycles. The van der Waals surface area contributed by atoms with Gasteiger partial charge in [-0.2, -0.15) is 0 Å². The van der Waals surface area contributed by atoms with Gasteiger partial charge in [-0.05, 0) is 24.8 Å². The second-order valence-corrected chi connectivity index (χ2v) is 7.15. The van der Waals surface area contributed by atoms with Crippen LogP contribution in [0.4, 0.5) is 0 Å². The van der Waals surface area contributed by atoms with Gasteiger partial charge in [0.2, 0.25) is 10.0 Å². The third-order valence-electron chi connectivity index (χ3n) is 3.69. The van der Waals surface area contributed by atoms with Crippen molar-refractivity contribution < 1.29 is 18.3 Å². The number of aryl methyl sites for hydroxylation is 1. The molecule has 1 N–H and O–H groups in total. The van der Waals surface area contributed by atoms with Crippen LogP contribution in [0.2, 0.25) is 0 Å². The first-order chi connectivity index (χ1) is 9.49. The number of hydrogen-bond donors (Lipinski definition) is 1. The number of carboxylic acids is 1. The van der Waals surface area contributed by atoms with Crippen LogP contribution in [0, 0.1) is 5.92 Å². The fourth-order valence-electron chi connectivity index (χ4n) is 2.40. The molecule has 110 valence electrons. The highest BCUT2D eigenvalue weighted by atomic mass is 32.2. The third kappa shape index (κ3) is 3.80. The molecule has 0 radical (unpaired) electrons. The first-order valence-corrected chi connectivity index (χ1v) is 8.34. The van der Waals surface area contributed by atoms with Gasteiger partial charge in [0.25, 0.3) is 0 Å². The van der Waals surface area contributed by atoms with Crippen molar-refractivity contribution in [1.29, 1.82) is 0 Å². The molecule has 1 aromatic rings. The lowest BCUT2D eigenvalue weighted by Gasteiger charge is -2.29. The molecule has 1 fully saturated rings. The molecule has 5 nitrogen and oxygen atoms in total. The van der Waals surface area contributed by atoms with Crippen molar-refractivity contribution in [3.63, 3.8) is 0 Å². The molecule has 0 aromatic heterocycles. The van der Waals surface area contributed by atoms with E-state index in [2.05, 4.69) is 0 Å². The molecule has 6 heteroatoms. The number of nitrogens with zero attached hydrogens (tertiary/aromatic N) is 1. The highest BCUT2D eigenvalue weighted by Crippen LogP contribution is 2.20. The Kier molecular flexibility index (Phi) is 4.77. The molecular formula is C14H19NO4S. The maximum absolute atomic E-state index is 12.2. The van der Waals surface area contributed by atoms with E-state index < -0.39 is 21.9 Å². The number of piperidine rings is 1. The molecule has 0 atom stereocenters. The van der Waals surface area contributed by atoms with E-state index in [1.165, 1.54) is 4.31 Å². The van der Waals surface area contributed by atoms with Crippen molar-refractivity contribution in [2.24, 2.45) is 5.92 Å². The Morgan fingerprint density at radius 2 is 1.80 bits per heavy atom. The Morgan fingerprint density at radius 3 is 2.35 bits per heavy atom. The van der Waals surface area contributed by atoms with Crippen LogP contribution in [0.3, 0.4) is 0 Å². The van der Waals surface area contributed by atoms with Crippen LogP contribution in [0.1, 0.15) is 18.4 Å². The van der Waals surface area contributed by atoms with E-state index in [0.29, 0.717) is 32.4 Å². The monoisotopic (exact) mass is 297 g/mol. The zero-order chi connectivity index (χ0) is 14.6. The summed E-state index contributed by atoms with van der Waals surface area (Å²) in [5, 5.41) is 8.91. The summed E-state index contributed by atoms with van der Waals surface area (Å²) >= 11 is 0. The second kappa shape index (κ2) is 6.37. The SMILES string of the molecule is O=C(O)C1CCN(S(=O)(=O)CCc2ccccc2)CC1. The highest BCUT2D eigenvalue weighted by molar-refractivity contribution is 7.89. The molecule has 0 spiro atoms. The minimum Gasteiger partial charge on any atom is -0.481 e. The number of benzene rings is 1. The van der Waals surface area contributed by atoms with E-state index in [1.54, 1.807) is 0 Å². The number of rotatable bonds is 5. The van der Waals surface area contributed by atoms with Crippen molar-refractivity contribution in [3.8, 4) is 0 Å². The predicted molar refractivity (Wildman–Crippen MR) is 75.9 cm³/mol. The Hall–Kier alpha value is -1.40. The average molecular weight is 297 g/mol. The molecule has 1 saturated heterocycles. The number of carboxylic acid groups (broad SMARTS) is 1. The first-order valence-electron chi connectivity index (χ1n) is 6.73. The minimum atomic E-state index is -3.29. The molecule has 1 aliphatic heterocycles. The second-order valence-electron chi connectivity index (χ2n) is 5.06. The van der Waals surface area contributed by atoms with Gasteiger partial charge in [-0.15, -0.1) is 0 Å². The number of aliphatic carboxylic acids is 1. The molecule has 0 unspecified atom stereocenters. The summed E-state index contributed by atoms with van der Waals surface area (Å²) in [6, 6.07) is 9.49. The normalized spacial score (nSPS) is 18.0. The van der Waals surface area contributed by atoms with E-state index in [1.807, 2.05) is 30.3 Å². The molecular weight excluding hydrogens is 278 g/mol. The third-order valence-corrected chi connectivity index (χ3v) is 5.56. The molecule has 2 rings (SSSR count). The highest BCUT2D eigenvalue weighted by Gasteiger charge is 2.30. The Bertz CT molecular complexity index is 548. The van der Waals surface area contributed by atoms with Gasteiger partial charge in [-0.1, -0.05) is 30.3 Å². The van der Waals surface area contributed by atoms with Crippen LogP contribution in [-0.2, 0) is 21.2 Å². The molecule has 20 heavy (non-hydrogen) atoms. The lowest BCUT2D eigenvalue weighted by molar-refractivity contribution is -0.142. The van der Waals surface area contributed by atoms with Gasteiger partial charge in [-0.3, -0.25) is 4.79 Å². The van der Waals surface area contributed by atoms with Gasteiger partial charge in [0, 0.05) is 13.1 Å². The first kappa shape index (κ1) is 15.0. The van der Waals surface area contributed by atoms with Crippen LogP contribution in [0.25, 0.3) is 0 Å². The van der Waals surface area contributed by atoms with Crippen molar-refractivity contribution in [3.05, 3.63) is 35.9 Å². The largest absolute Gasteiger partial charge is 0.481 e. The molecule has 1 aromatic carbocycles. The lowest BCUT2D eigenvalue weighted by atomic mass is 9.99. The maximum atomic E-state index is 12.2. The quantitative estimate of drug-likeness (QED) is 0.890. The standard InChI is InChI=1S/C14H19NO4S/c16-14(17)13-6-9-15(10-7-13)20(18,19)11-8-12-4-2-1-3-5-12/h1-5,13H,6-11H2,(H,16,17). The van der Waals surface area contributed by atoms with Gasteiger partial charge in [0.15, 0.2) is 0 Å². The Balaban J connectivity index is 1.90. The van der Waals surface area contributed by atoms with E-state index in [9.17, 15) is 13.2 Å². The van der Waals surface area contributed by atoms with Gasteiger partial charge in [-0.25, -0.2) is 12.7 Å². The van der Waals surface area contributed by atoms with E-state index in [4.69, 9.17) is 5.11 Å². The van der Waals surface area contributed by atoms with E-state index in [0.717, 1.165) is 5.56 Å². The summed E-state index contributed by atoms with van der Waals surface area (Å²) in [5.74, 6) is -1.16. The summed E-state index contributed by atoms with van der Waals surface area (Å²) in [5.41, 5.74) is 0.997. The number of sulfonamides is 1. The zero-order valence-electron chi connectivity index (χ0n) is 11.2. The minimum absolute atomic E-state index is 0.0781. The predicted octanol–water partition coefficient (Wildman–Crippen LogP) is 1.36. The van der Waals surface area contributed by atoms with Gasteiger partial charge in [0.1, 0.15) is 0 Å². The van der Waals surface area contributed by atoms with Gasteiger partial charge in [0.05, 0.1) is 11.7 Å². The van der Waals surface area contributed by atoms with Crippen LogP contribution in [0.15, 0.2) is 30.3 Å². The average Bonchev–Trinajstić information content (AvgIpc) is 2.46. The van der Waals surface area contributed by atoms with Crippen LogP contribution >= 0.6 is 0 Å². The molecule has 0 bridgehead atoms. The van der Waals surface area contributed by atoms with Gasteiger partial charge < -0.3 is 5.11 Å². The van der Waals surface area contributed by atoms with Crippen LogP contribution in [0.5, 0.6) is 0 Å². The molecule has 1 aliphatic rings. The summed E-state index contributed by atoms with van der Waals surface area (Å²) in [4.78, 5) is 10.9. The summed E-state index contributed by atoms with van der Waals surface area (Å²) in [7, 11) is -3.29.